The van der Waals surface area contributed by atoms with Gasteiger partial charge in [-0.2, -0.15) is 0 Å². The van der Waals surface area contributed by atoms with Gasteiger partial charge >= 0.3 is 0 Å². The van der Waals surface area contributed by atoms with Crippen molar-refractivity contribution in [2.45, 2.75) is 19.8 Å². The fourth-order valence-electron chi connectivity index (χ4n) is 2.26. The van der Waals surface area contributed by atoms with Crippen molar-refractivity contribution in [3.8, 4) is 11.5 Å². The van der Waals surface area contributed by atoms with Gasteiger partial charge in [0, 0.05) is 5.39 Å². The Hall–Kier alpha value is -1.96. The van der Waals surface area contributed by atoms with E-state index in [-0.39, 0.29) is 17.4 Å². The third-order valence-electron chi connectivity index (χ3n) is 3.26. The molecule has 0 aromatic heterocycles. The first-order valence-electron chi connectivity index (χ1n) is 5.63. The van der Waals surface area contributed by atoms with E-state index in [1.807, 2.05) is 44.2 Å². The van der Waals surface area contributed by atoms with Gasteiger partial charge in [0.05, 0.1) is 0 Å². The molecule has 0 saturated carbocycles. The van der Waals surface area contributed by atoms with Crippen LogP contribution in [0.15, 0.2) is 36.9 Å². The van der Waals surface area contributed by atoms with Crippen molar-refractivity contribution >= 4 is 10.8 Å². The Kier molecular flexibility index (Phi) is 2.80. The molecule has 0 aliphatic heterocycles. The van der Waals surface area contributed by atoms with Crippen molar-refractivity contribution in [1.82, 2.24) is 0 Å². The van der Waals surface area contributed by atoms with Crippen LogP contribution in [0, 0.1) is 6.92 Å². The molecule has 0 amide bonds. The molecule has 1 atom stereocenters. The predicted octanol–water partition coefficient (Wildman–Crippen LogP) is 3.85. The van der Waals surface area contributed by atoms with Gasteiger partial charge in [0.2, 0.25) is 0 Å². The highest BCUT2D eigenvalue weighted by molar-refractivity contribution is 5.95. The molecule has 2 aromatic rings. The number of aromatic hydroxyl groups is 2. The van der Waals surface area contributed by atoms with Crippen molar-refractivity contribution < 1.29 is 10.2 Å². The second-order valence-electron chi connectivity index (χ2n) is 4.31. The lowest BCUT2D eigenvalue weighted by atomic mass is 9.89. The quantitative estimate of drug-likeness (QED) is 0.605. The molecule has 1 unspecified atom stereocenters. The summed E-state index contributed by atoms with van der Waals surface area (Å²) in [7, 11) is 0. The molecule has 88 valence electrons. The molecule has 2 heteroatoms. The van der Waals surface area contributed by atoms with Gasteiger partial charge in [0.15, 0.2) is 11.5 Å². The molecule has 0 heterocycles. The van der Waals surface area contributed by atoms with Crippen LogP contribution in [0.2, 0.25) is 0 Å². The summed E-state index contributed by atoms with van der Waals surface area (Å²) >= 11 is 0. The van der Waals surface area contributed by atoms with Gasteiger partial charge in [0.1, 0.15) is 0 Å². The van der Waals surface area contributed by atoms with Gasteiger partial charge in [-0.15, -0.1) is 6.58 Å². The molecule has 17 heavy (non-hydrogen) atoms. The normalized spacial score (nSPS) is 12.6. The average Bonchev–Trinajstić information content (AvgIpc) is 2.36. The highest BCUT2D eigenvalue weighted by Gasteiger charge is 2.17. The molecule has 0 aliphatic carbocycles. The maximum Gasteiger partial charge on any atom is 0.165 e. The molecule has 2 nitrogen and oxygen atoms in total. The number of hydrogen-bond donors (Lipinski definition) is 2. The van der Waals surface area contributed by atoms with Crippen molar-refractivity contribution in [3.05, 3.63) is 48.0 Å². The number of phenolic OH excluding ortho intramolecular Hbond substituents is 2. The first kappa shape index (κ1) is 11.5. The van der Waals surface area contributed by atoms with E-state index in [0.29, 0.717) is 10.9 Å². The molecule has 2 rings (SSSR count). The molecule has 0 spiro atoms. The predicted molar refractivity (Wildman–Crippen MR) is 70.6 cm³/mol. The Bertz CT molecular complexity index is 585. The van der Waals surface area contributed by atoms with Crippen LogP contribution in [0.1, 0.15) is 24.0 Å². The van der Waals surface area contributed by atoms with Crippen molar-refractivity contribution in [2.24, 2.45) is 0 Å². The summed E-state index contributed by atoms with van der Waals surface area (Å²) in [6.45, 7) is 7.64. The van der Waals surface area contributed by atoms with Crippen molar-refractivity contribution in [2.75, 3.05) is 0 Å². The van der Waals surface area contributed by atoms with Crippen LogP contribution >= 0.6 is 0 Å². The lowest BCUT2D eigenvalue weighted by Gasteiger charge is -2.17. The minimum Gasteiger partial charge on any atom is -0.504 e. The third-order valence-corrected chi connectivity index (χ3v) is 3.26. The zero-order valence-electron chi connectivity index (χ0n) is 10.1. The maximum absolute atomic E-state index is 9.95. The SMILES string of the molecule is C=CC(C)c1c(C)c(O)c(O)c2ccccc12. The van der Waals surface area contributed by atoms with E-state index in [1.165, 1.54) is 0 Å². The lowest BCUT2D eigenvalue weighted by molar-refractivity contribution is 0.405. The topological polar surface area (TPSA) is 40.5 Å². The molecular weight excluding hydrogens is 212 g/mol. The fraction of sp³-hybridized carbons (Fsp3) is 0.200. The molecular formula is C15H16O2. The molecule has 0 saturated heterocycles. The minimum absolute atomic E-state index is 0.0348. The number of phenols is 2. The highest BCUT2D eigenvalue weighted by Crippen LogP contribution is 2.42. The summed E-state index contributed by atoms with van der Waals surface area (Å²) in [6.07, 6.45) is 1.84. The van der Waals surface area contributed by atoms with E-state index in [2.05, 4.69) is 6.58 Å². The van der Waals surface area contributed by atoms with Crippen LogP contribution in [0.4, 0.5) is 0 Å². The summed E-state index contributed by atoms with van der Waals surface area (Å²) in [5.41, 5.74) is 1.74. The summed E-state index contributed by atoms with van der Waals surface area (Å²) < 4.78 is 0. The average molecular weight is 228 g/mol. The number of allylic oxidation sites excluding steroid dienone is 1. The number of fused-ring (bicyclic) bond motifs is 1. The zero-order chi connectivity index (χ0) is 12.6. The number of benzene rings is 2. The van der Waals surface area contributed by atoms with E-state index in [9.17, 15) is 10.2 Å². The summed E-state index contributed by atoms with van der Waals surface area (Å²) in [5.74, 6) is 0.0527. The van der Waals surface area contributed by atoms with E-state index in [1.54, 1.807) is 0 Å². The summed E-state index contributed by atoms with van der Waals surface area (Å²) in [4.78, 5) is 0. The molecule has 2 N–H and O–H groups in total. The number of rotatable bonds is 2. The maximum atomic E-state index is 9.95. The minimum atomic E-state index is -0.0434. The van der Waals surface area contributed by atoms with Gasteiger partial charge in [0.25, 0.3) is 0 Å². The molecule has 0 aliphatic rings. The molecule has 0 bridgehead atoms. The zero-order valence-corrected chi connectivity index (χ0v) is 10.1. The van der Waals surface area contributed by atoms with Gasteiger partial charge in [-0.05, 0) is 29.4 Å². The fourth-order valence-corrected chi connectivity index (χ4v) is 2.26. The molecule has 2 aromatic carbocycles. The Morgan fingerprint density at radius 2 is 1.71 bits per heavy atom. The molecule has 0 radical (unpaired) electrons. The lowest BCUT2D eigenvalue weighted by Crippen LogP contribution is -1.96. The smallest absolute Gasteiger partial charge is 0.165 e. The van der Waals surface area contributed by atoms with E-state index < -0.39 is 0 Å². The van der Waals surface area contributed by atoms with Crippen LogP contribution in [-0.4, -0.2) is 10.2 Å². The Morgan fingerprint density at radius 3 is 2.29 bits per heavy atom. The van der Waals surface area contributed by atoms with E-state index in [0.717, 1.165) is 10.9 Å². The van der Waals surface area contributed by atoms with Gasteiger partial charge in [-0.1, -0.05) is 37.3 Å². The summed E-state index contributed by atoms with van der Waals surface area (Å²) in [5, 5.41) is 21.5. The Morgan fingerprint density at radius 1 is 1.12 bits per heavy atom. The largest absolute Gasteiger partial charge is 0.504 e. The second kappa shape index (κ2) is 4.13. The first-order chi connectivity index (χ1) is 8.07. The van der Waals surface area contributed by atoms with Crippen LogP contribution in [0.25, 0.3) is 10.8 Å². The first-order valence-corrected chi connectivity index (χ1v) is 5.63. The van der Waals surface area contributed by atoms with Crippen LogP contribution in [-0.2, 0) is 0 Å². The van der Waals surface area contributed by atoms with Gasteiger partial charge < -0.3 is 10.2 Å². The van der Waals surface area contributed by atoms with Crippen LogP contribution < -0.4 is 0 Å². The summed E-state index contributed by atoms with van der Waals surface area (Å²) in [6, 6.07) is 7.54. The standard InChI is InChI=1S/C15H16O2/c1-4-9(2)13-10(3)14(16)15(17)12-8-6-5-7-11(12)13/h4-9,16-17H,1H2,2-3H3. The van der Waals surface area contributed by atoms with E-state index in [4.69, 9.17) is 0 Å². The second-order valence-corrected chi connectivity index (χ2v) is 4.31. The highest BCUT2D eigenvalue weighted by atomic mass is 16.3. The van der Waals surface area contributed by atoms with E-state index >= 15 is 0 Å². The Balaban J connectivity index is 2.95. The third kappa shape index (κ3) is 1.66. The van der Waals surface area contributed by atoms with Crippen molar-refractivity contribution in [1.29, 1.82) is 0 Å². The Labute approximate surface area is 101 Å². The van der Waals surface area contributed by atoms with Gasteiger partial charge in [-0.25, -0.2) is 0 Å². The monoisotopic (exact) mass is 228 g/mol. The molecule has 0 fully saturated rings. The van der Waals surface area contributed by atoms with Crippen molar-refractivity contribution in [3.63, 3.8) is 0 Å². The van der Waals surface area contributed by atoms with Crippen LogP contribution in [0.3, 0.4) is 0 Å². The van der Waals surface area contributed by atoms with Gasteiger partial charge in [-0.3, -0.25) is 0 Å². The van der Waals surface area contributed by atoms with Crippen LogP contribution in [0.5, 0.6) is 11.5 Å². The number of hydrogen-bond acceptors (Lipinski definition) is 2.